The van der Waals surface area contributed by atoms with E-state index in [0.717, 1.165) is 37.3 Å². The van der Waals surface area contributed by atoms with Crippen molar-refractivity contribution in [3.63, 3.8) is 0 Å². The topological polar surface area (TPSA) is 75.6 Å². The SMILES string of the molecule is CC(=O)c1ccc(N2CCC(C(=O)N3CC(c4ccc(Cl)cc4)[C@@H]([C@H](C)Oc4ccc(Cl)cn4)C3)CC2)nc1. The number of carbonyl (C=O) groups is 2. The molecular weight excluding hydrogens is 535 g/mol. The predicted molar refractivity (Wildman–Crippen MR) is 153 cm³/mol. The van der Waals surface area contributed by atoms with Crippen LogP contribution < -0.4 is 9.64 Å². The minimum absolute atomic E-state index is 0.00308. The maximum absolute atomic E-state index is 13.7. The van der Waals surface area contributed by atoms with E-state index in [0.29, 0.717) is 34.6 Å². The molecule has 2 aromatic heterocycles. The van der Waals surface area contributed by atoms with Crippen LogP contribution in [0.4, 0.5) is 5.82 Å². The number of ether oxygens (including phenoxy) is 1. The molecule has 0 aliphatic carbocycles. The van der Waals surface area contributed by atoms with Gasteiger partial charge in [0, 0.05) is 73.0 Å². The highest BCUT2D eigenvalue weighted by Gasteiger charge is 2.42. The van der Waals surface area contributed by atoms with Crippen LogP contribution in [-0.2, 0) is 4.79 Å². The zero-order valence-corrected chi connectivity index (χ0v) is 23.6. The predicted octanol–water partition coefficient (Wildman–Crippen LogP) is 5.91. The number of piperidine rings is 1. The van der Waals surface area contributed by atoms with E-state index in [1.807, 2.05) is 48.2 Å². The normalized spacial score (nSPS) is 20.6. The lowest BCUT2D eigenvalue weighted by Crippen LogP contribution is -2.42. The first-order valence-electron chi connectivity index (χ1n) is 13.3. The van der Waals surface area contributed by atoms with Crippen LogP contribution >= 0.6 is 23.2 Å². The van der Waals surface area contributed by atoms with Gasteiger partial charge in [0.05, 0.1) is 5.02 Å². The number of hydrogen-bond acceptors (Lipinski definition) is 6. The Kier molecular flexibility index (Phi) is 8.38. The molecule has 204 valence electrons. The van der Waals surface area contributed by atoms with Gasteiger partial charge in [-0.3, -0.25) is 9.59 Å². The average molecular weight is 568 g/mol. The number of ketones is 1. The fraction of sp³-hybridized carbons (Fsp3) is 0.400. The minimum Gasteiger partial charge on any atom is -0.474 e. The number of halogens is 2. The van der Waals surface area contributed by atoms with Crippen molar-refractivity contribution in [3.8, 4) is 5.88 Å². The number of benzene rings is 1. The van der Waals surface area contributed by atoms with E-state index >= 15 is 0 Å². The Morgan fingerprint density at radius 3 is 2.26 bits per heavy atom. The van der Waals surface area contributed by atoms with Crippen LogP contribution in [0.1, 0.15) is 48.5 Å². The Morgan fingerprint density at radius 2 is 1.64 bits per heavy atom. The molecule has 0 spiro atoms. The van der Waals surface area contributed by atoms with E-state index in [2.05, 4.69) is 14.9 Å². The summed E-state index contributed by atoms with van der Waals surface area (Å²) in [6.07, 6.45) is 4.57. The van der Waals surface area contributed by atoms with Gasteiger partial charge >= 0.3 is 0 Å². The van der Waals surface area contributed by atoms with Gasteiger partial charge in [0.1, 0.15) is 11.9 Å². The second-order valence-electron chi connectivity index (χ2n) is 10.4. The second kappa shape index (κ2) is 11.9. The molecule has 3 atom stereocenters. The number of carbonyl (C=O) groups excluding carboxylic acids is 2. The molecule has 2 aliphatic heterocycles. The highest BCUT2D eigenvalue weighted by Crippen LogP contribution is 2.38. The summed E-state index contributed by atoms with van der Waals surface area (Å²) in [5, 5.41) is 1.25. The van der Waals surface area contributed by atoms with Crippen molar-refractivity contribution in [2.45, 2.75) is 38.7 Å². The number of rotatable bonds is 7. The Morgan fingerprint density at radius 1 is 0.923 bits per heavy atom. The maximum atomic E-state index is 13.7. The van der Waals surface area contributed by atoms with Gasteiger partial charge in [-0.1, -0.05) is 35.3 Å². The van der Waals surface area contributed by atoms with Gasteiger partial charge in [-0.25, -0.2) is 9.97 Å². The second-order valence-corrected chi connectivity index (χ2v) is 11.3. The first-order chi connectivity index (χ1) is 18.8. The van der Waals surface area contributed by atoms with Crippen LogP contribution in [0.5, 0.6) is 5.88 Å². The Bertz CT molecular complexity index is 1290. The van der Waals surface area contributed by atoms with Gasteiger partial charge in [0.2, 0.25) is 11.8 Å². The average Bonchev–Trinajstić information content (AvgIpc) is 3.40. The molecule has 1 amide bonds. The third kappa shape index (κ3) is 6.36. The molecule has 7 nitrogen and oxygen atoms in total. The van der Waals surface area contributed by atoms with Crippen LogP contribution in [0.2, 0.25) is 10.0 Å². The minimum atomic E-state index is -0.164. The summed E-state index contributed by atoms with van der Waals surface area (Å²) < 4.78 is 6.22. The lowest BCUT2D eigenvalue weighted by molar-refractivity contribution is -0.135. The fourth-order valence-corrected chi connectivity index (χ4v) is 5.89. The molecular formula is C30H32Cl2N4O3. The van der Waals surface area contributed by atoms with Crippen molar-refractivity contribution in [2.75, 3.05) is 31.1 Å². The molecule has 0 bridgehead atoms. The van der Waals surface area contributed by atoms with E-state index in [-0.39, 0.29) is 35.5 Å². The molecule has 39 heavy (non-hydrogen) atoms. The van der Waals surface area contributed by atoms with Gasteiger partial charge in [-0.15, -0.1) is 0 Å². The van der Waals surface area contributed by atoms with Crippen molar-refractivity contribution in [1.29, 1.82) is 0 Å². The van der Waals surface area contributed by atoms with Crippen LogP contribution in [0.3, 0.4) is 0 Å². The maximum Gasteiger partial charge on any atom is 0.225 e. The van der Waals surface area contributed by atoms with E-state index in [4.69, 9.17) is 27.9 Å². The zero-order chi connectivity index (χ0) is 27.5. The van der Waals surface area contributed by atoms with Crippen LogP contribution in [0.25, 0.3) is 0 Å². The van der Waals surface area contributed by atoms with Crippen LogP contribution in [0, 0.1) is 11.8 Å². The molecule has 0 N–H and O–H groups in total. The molecule has 5 rings (SSSR count). The fourth-order valence-electron chi connectivity index (χ4n) is 5.65. The number of anilines is 1. The lowest BCUT2D eigenvalue weighted by Gasteiger charge is -2.34. The van der Waals surface area contributed by atoms with Gasteiger partial charge in [-0.05, 0) is 62.6 Å². The Balaban J connectivity index is 1.26. The summed E-state index contributed by atoms with van der Waals surface area (Å²) in [6, 6.07) is 15.1. The number of hydrogen-bond donors (Lipinski definition) is 0. The Labute approximate surface area is 239 Å². The molecule has 4 heterocycles. The van der Waals surface area contributed by atoms with Crippen LogP contribution in [-0.4, -0.2) is 58.8 Å². The van der Waals surface area contributed by atoms with Gasteiger partial charge < -0.3 is 14.5 Å². The van der Waals surface area contributed by atoms with Crippen molar-refractivity contribution in [1.82, 2.24) is 14.9 Å². The smallest absolute Gasteiger partial charge is 0.225 e. The molecule has 1 aromatic carbocycles. The summed E-state index contributed by atoms with van der Waals surface area (Å²) >= 11 is 12.2. The third-order valence-corrected chi connectivity index (χ3v) is 8.38. The molecule has 9 heteroatoms. The number of nitrogens with zero attached hydrogens (tertiary/aromatic N) is 4. The summed E-state index contributed by atoms with van der Waals surface area (Å²) in [5.41, 5.74) is 1.75. The molecule has 2 saturated heterocycles. The molecule has 2 aliphatic rings. The van der Waals surface area contributed by atoms with Crippen molar-refractivity contribution in [3.05, 3.63) is 82.1 Å². The summed E-state index contributed by atoms with van der Waals surface area (Å²) in [5.74, 6) is 1.75. The van der Waals surface area contributed by atoms with E-state index in [9.17, 15) is 9.59 Å². The number of pyridine rings is 2. The number of amides is 1. The molecule has 0 saturated carbocycles. The molecule has 0 radical (unpaired) electrons. The lowest BCUT2D eigenvalue weighted by atomic mass is 9.86. The molecule has 1 unspecified atom stereocenters. The number of likely N-dealkylation sites (tertiary alicyclic amines) is 1. The largest absolute Gasteiger partial charge is 0.474 e. The standard InChI is InChI=1S/C30H32Cl2N4O3/c1-19(37)23-5-9-28(33-15-23)35-13-11-22(12-14-35)30(38)36-17-26(20(2)39-29-10-8-25(32)16-34-29)27(18-36)21-3-6-24(31)7-4-21/h3-10,15-16,20,22,26-27H,11-14,17-18H2,1-2H3/t20-,26+,27?/m0/s1. The van der Waals surface area contributed by atoms with E-state index < -0.39 is 0 Å². The van der Waals surface area contributed by atoms with Crippen LogP contribution in [0.15, 0.2) is 60.9 Å². The quantitative estimate of drug-likeness (QED) is 0.331. The first-order valence-corrected chi connectivity index (χ1v) is 14.1. The van der Waals surface area contributed by atoms with E-state index in [1.165, 1.54) is 6.92 Å². The van der Waals surface area contributed by atoms with Crippen molar-refractivity contribution >= 4 is 40.7 Å². The van der Waals surface area contributed by atoms with Gasteiger partial charge in [-0.2, -0.15) is 0 Å². The Hall–Kier alpha value is -3.16. The molecule has 2 fully saturated rings. The highest BCUT2D eigenvalue weighted by molar-refractivity contribution is 6.30. The van der Waals surface area contributed by atoms with Crippen molar-refractivity contribution in [2.24, 2.45) is 11.8 Å². The first kappa shape index (κ1) is 27.4. The molecule has 3 aromatic rings. The van der Waals surface area contributed by atoms with E-state index in [1.54, 1.807) is 24.5 Å². The monoisotopic (exact) mass is 566 g/mol. The highest BCUT2D eigenvalue weighted by atomic mass is 35.5. The zero-order valence-electron chi connectivity index (χ0n) is 22.1. The summed E-state index contributed by atoms with van der Waals surface area (Å²) in [4.78, 5) is 38.2. The summed E-state index contributed by atoms with van der Waals surface area (Å²) in [6.45, 7) is 6.34. The number of Topliss-reactive ketones (excluding diaryl/α,β-unsaturated/α-hetero) is 1. The summed E-state index contributed by atoms with van der Waals surface area (Å²) in [7, 11) is 0. The van der Waals surface area contributed by atoms with Crippen molar-refractivity contribution < 1.29 is 14.3 Å². The van der Waals surface area contributed by atoms with Gasteiger partial charge in [0.25, 0.3) is 0 Å². The number of aromatic nitrogens is 2. The third-order valence-electron chi connectivity index (χ3n) is 7.91. The van der Waals surface area contributed by atoms with Gasteiger partial charge in [0.15, 0.2) is 5.78 Å².